The topological polar surface area (TPSA) is 67.7 Å². The molecular weight excluding hydrogens is 392 g/mol. The van der Waals surface area contributed by atoms with Gasteiger partial charge in [0.25, 0.3) is 5.91 Å². The first-order chi connectivity index (χ1) is 14.9. The maximum atomic E-state index is 13.5. The highest BCUT2D eigenvalue weighted by molar-refractivity contribution is 5.86. The van der Waals surface area contributed by atoms with Crippen LogP contribution in [0.1, 0.15) is 48.3 Å². The molecule has 0 spiro atoms. The highest BCUT2D eigenvalue weighted by Crippen LogP contribution is 2.39. The van der Waals surface area contributed by atoms with Crippen LogP contribution in [0.2, 0.25) is 0 Å². The number of hydrogen-bond donors (Lipinski definition) is 0. The molecule has 1 saturated heterocycles. The first-order valence-electron chi connectivity index (χ1n) is 11.2. The zero-order valence-electron chi connectivity index (χ0n) is 18.9. The minimum absolute atomic E-state index is 0.0266. The lowest BCUT2D eigenvalue weighted by Crippen LogP contribution is -2.55. The number of benzene rings is 1. The third kappa shape index (κ3) is 4.24. The minimum atomic E-state index is -0.689. The van der Waals surface area contributed by atoms with Crippen molar-refractivity contribution in [2.24, 2.45) is 0 Å². The molecule has 31 heavy (non-hydrogen) atoms. The number of rotatable bonds is 7. The van der Waals surface area contributed by atoms with Gasteiger partial charge in [-0.05, 0) is 51.2 Å². The maximum Gasteiger partial charge on any atom is 0.254 e. The zero-order chi connectivity index (χ0) is 22.1. The second-order valence-corrected chi connectivity index (χ2v) is 8.59. The van der Waals surface area contributed by atoms with Crippen molar-refractivity contribution < 1.29 is 14.3 Å². The van der Waals surface area contributed by atoms with Gasteiger partial charge in [0, 0.05) is 31.9 Å². The van der Waals surface area contributed by atoms with Crippen molar-refractivity contribution in [2.75, 3.05) is 20.2 Å². The van der Waals surface area contributed by atoms with Gasteiger partial charge in [-0.25, -0.2) is 0 Å². The molecule has 2 heterocycles. The highest BCUT2D eigenvalue weighted by atomic mass is 16.5. The van der Waals surface area contributed by atoms with Crippen molar-refractivity contribution in [3.8, 4) is 0 Å². The van der Waals surface area contributed by atoms with Crippen molar-refractivity contribution in [2.45, 2.75) is 64.8 Å². The Morgan fingerprint density at radius 1 is 1.23 bits per heavy atom. The lowest BCUT2D eigenvalue weighted by atomic mass is 9.96. The van der Waals surface area contributed by atoms with E-state index in [1.54, 1.807) is 4.90 Å². The Hall–Kier alpha value is -2.67. The molecule has 1 aliphatic heterocycles. The van der Waals surface area contributed by atoms with E-state index in [-0.39, 0.29) is 30.5 Å². The normalized spacial score (nSPS) is 21.4. The van der Waals surface area contributed by atoms with Crippen LogP contribution in [0, 0.1) is 13.8 Å². The number of amides is 2. The van der Waals surface area contributed by atoms with Crippen LogP contribution in [0.3, 0.4) is 0 Å². The highest BCUT2D eigenvalue weighted by Gasteiger charge is 2.48. The molecule has 2 atom stereocenters. The summed E-state index contributed by atoms with van der Waals surface area (Å²) < 4.78 is 7.87. The maximum absolute atomic E-state index is 13.5. The van der Waals surface area contributed by atoms with Gasteiger partial charge in [0.05, 0.1) is 11.7 Å². The van der Waals surface area contributed by atoms with Crippen LogP contribution >= 0.6 is 0 Å². The predicted octanol–water partition coefficient (Wildman–Crippen LogP) is 2.65. The Morgan fingerprint density at radius 2 is 1.94 bits per heavy atom. The molecule has 2 aliphatic rings. The van der Waals surface area contributed by atoms with Crippen LogP contribution in [0.4, 0.5) is 0 Å². The number of carbonyl (C=O) groups excluding carboxylic acids is 2. The number of likely N-dealkylation sites (N-methyl/N-ethyl adjacent to an activating group) is 1. The van der Waals surface area contributed by atoms with Gasteiger partial charge in [0.15, 0.2) is 6.10 Å². The number of nitrogens with zero attached hydrogens (tertiary/aromatic N) is 4. The molecule has 2 fully saturated rings. The summed E-state index contributed by atoms with van der Waals surface area (Å²) in [5, 5.41) is 4.58. The summed E-state index contributed by atoms with van der Waals surface area (Å²) in [6.07, 6.45) is 2.04. The van der Waals surface area contributed by atoms with E-state index in [9.17, 15) is 9.59 Å². The summed E-state index contributed by atoms with van der Waals surface area (Å²) in [4.78, 5) is 29.8. The molecule has 0 bridgehead atoms. The second kappa shape index (κ2) is 8.83. The van der Waals surface area contributed by atoms with Crippen molar-refractivity contribution in [3.63, 3.8) is 0 Å². The summed E-state index contributed by atoms with van der Waals surface area (Å²) in [6.45, 7) is 7.55. The Morgan fingerprint density at radius 3 is 2.55 bits per heavy atom. The van der Waals surface area contributed by atoms with Crippen molar-refractivity contribution in [1.82, 2.24) is 19.6 Å². The van der Waals surface area contributed by atoms with Crippen molar-refractivity contribution in [1.29, 1.82) is 0 Å². The smallest absolute Gasteiger partial charge is 0.254 e. The lowest BCUT2D eigenvalue weighted by Gasteiger charge is -2.42. The van der Waals surface area contributed by atoms with Crippen LogP contribution in [0.15, 0.2) is 30.3 Å². The van der Waals surface area contributed by atoms with E-state index in [1.165, 1.54) is 5.56 Å². The van der Waals surface area contributed by atoms with E-state index in [0.717, 1.165) is 42.8 Å². The third-order valence-electron chi connectivity index (χ3n) is 6.49. The fourth-order valence-electron chi connectivity index (χ4n) is 4.61. The van der Waals surface area contributed by atoms with Crippen LogP contribution in [-0.2, 0) is 27.3 Å². The summed E-state index contributed by atoms with van der Waals surface area (Å²) in [7, 11) is 1.82. The van der Waals surface area contributed by atoms with Gasteiger partial charge in [-0.15, -0.1) is 0 Å². The van der Waals surface area contributed by atoms with E-state index in [1.807, 2.05) is 53.9 Å². The van der Waals surface area contributed by atoms with E-state index >= 15 is 0 Å². The molecule has 0 N–H and O–H groups in total. The van der Waals surface area contributed by atoms with E-state index < -0.39 is 6.10 Å². The van der Waals surface area contributed by atoms with Crippen molar-refractivity contribution in [3.05, 3.63) is 52.8 Å². The second-order valence-electron chi connectivity index (χ2n) is 8.59. The first-order valence-corrected chi connectivity index (χ1v) is 11.2. The fraction of sp³-hybridized carbons (Fsp3) is 0.542. The van der Waals surface area contributed by atoms with Gasteiger partial charge in [-0.1, -0.05) is 30.3 Å². The molecule has 2 aromatic rings. The number of hydrogen-bond acceptors (Lipinski definition) is 4. The predicted molar refractivity (Wildman–Crippen MR) is 118 cm³/mol. The Kier molecular flexibility index (Phi) is 6.14. The van der Waals surface area contributed by atoms with Crippen molar-refractivity contribution >= 4 is 11.8 Å². The molecule has 4 rings (SSSR count). The Bertz CT molecular complexity index is 951. The molecule has 1 saturated carbocycles. The average Bonchev–Trinajstić information content (AvgIpc) is 3.57. The molecule has 0 unspecified atom stereocenters. The monoisotopic (exact) mass is 424 g/mol. The van der Waals surface area contributed by atoms with Gasteiger partial charge in [0.1, 0.15) is 6.61 Å². The molecule has 1 aromatic heterocycles. The largest absolute Gasteiger partial charge is 0.356 e. The van der Waals surface area contributed by atoms with Crippen LogP contribution in [0.25, 0.3) is 0 Å². The van der Waals surface area contributed by atoms with Gasteiger partial charge >= 0.3 is 0 Å². The molecule has 1 aliphatic carbocycles. The summed E-state index contributed by atoms with van der Waals surface area (Å²) in [6, 6.07) is 9.63. The minimum Gasteiger partial charge on any atom is -0.356 e. The number of morpholine rings is 1. The molecule has 7 heteroatoms. The molecule has 0 radical (unpaired) electrons. The van der Waals surface area contributed by atoms with Gasteiger partial charge < -0.3 is 14.5 Å². The summed E-state index contributed by atoms with van der Waals surface area (Å²) in [5.74, 6) is -0.105. The average molecular weight is 425 g/mol. The third-order valence-corrected chi connectivity index (χ3v) is 6.49. The van der Waals surface area contributed by atoms with E-state index in [2.05, 4.69) is 18.9 Å². The molecule has 1 aromatic carbocycles. The number of carbonyl (C=O) groups is 2. The van der Waals surface area contributed by atoms with Gasteiger partial charge in [-0.3, -0.25) is 14.3 Å². The van der Waals surface area contributed by atoms with Crippen LogP contribution < -0.4 is 0 Å². The van der Waals surface area contributed by atoms with Crippen LogP contribution in [-0.4, -0.2) is 63.7 Å². The quantitative estimate of drug-likeness (QED) is 0.685. The zero-order valence-corrected chi connectivity index (χ0v) is 18.9. The standard InChI is InChI=1S/C24H32N4O3/c1-5-27-17(3)20(16(2)25-27)13-14-26(4)24(30)23-22(18-9-7-6-8-10-18)28(19-11-12-19)21(29)15-31-23/h6-10,19,22-23H,5,11-15H2,1-4H3/t22-,23+/m0/s1. The van der Waals surface area contributed by atoms with E-state index in [4.69, 9.17) is 4.74 Å². The lowest BCUT2D eigenvalue weighted by molar-refractivity contribution is -0.169. The SMILES string of the molecule is CCn1nc(C)c(CCN(C)C(=O)[C@@H]2OCC(=O)N(C3CC3)[C@H]2c2ccccc2)c1C. The molecule has 166 valence electrons. The van der Waals surface area contributed by atoms with Gasteiger partial charge in [0.2, 0.25) is 5.91 Å². The molecule has 2 amide bonds. The van der Waals surface area contributed by atoms with E-state index in [0.29, 0.717) is 6.54 Å². The number of aryl methyl sites for hydroxylation is 2. The van der Waals surface area contributed by atoms with Crippen LogP contribution in [0.5, 0.6) is 0 Å². The molecule has 7 nitrogen and oxygen atoms in total. The number of ether oxygens (including phenoxy) is 1. The van der Waals surface area contributed by atoms with Gasteiger partial charge in [-0.2, -0.15) is 5.10 Å². The first kappa shape index (κ1) is 21.6. The fourth-order valence-corrected chi connectivity index (χ4v) is 4.61. The Balaban J connectivity index is 1.53. The molecular formula is C24H32N4O3. The number of aromatic nitrogens is 2. The summed E-state index contributed by atoms with van der Waals surface area (Å²) in [5.41, 5.74) is 4.31. The Labute approximate surface area is 184 Å². The summed E-state index contributed by atoms with van der Waals surface area (Å²) >= 11 is 0.